The van der Waals surface area contributed by atoms with Gasteiger partial charge in [-0.1, -0.05) is 46.4 Å². The predicted octanol–water partition coefficient (Wildman–Crippen LogP) is 4.63. The number of rotatable bonds is 2. The van der Waals surface area contributed by atoms with Crippen molar-refractivity contribution in [3.8, 4) is 0 Å². The Morgan fingerprint density at radius 3 is 2.29 bits per heavy atom. The van der Waals surface area contributed by atoms with Gasteiger partial charge in [-0.25, -0.2) is 0 Å². The summed E-state index contributed by atoms with van der Waals surface area (Å²) in [4.78, 5) is 0. The molecule has 0 fully saturated rings. The molecule has 1 aromatic carbocycles. The fourth-order valence-electron chi connectivity index (χ4n) is 0.745. The van der Waals surface area contributed by atoms with E-state index in [9.17, 15) is 0 Å². The molecule has 2 nitrogen and oxygen atoms in total. The molecule has 0 amide bonds. The van der Waals surface area contributed by atoms with Crippen LogP contribution in [-0.2, 0) is 0 Å². The van der Waals surface area contributed by atoms with Crippen molar-refractivity contribution in [2.75, 3.05) is 5.43 Å². The summed E-state index contributed by atoms with van der Waals surface area (Å²) in [6.45, 7) is 1.64. The fraction of sp³-hybridized carbons (Fsp3) is 0.125. The van der Waals surface area contributed by atoms with Crippen molar-refractivity contribution in [1.82, 2.24) is 0 Å². The third-order valence-electron chi connectivity index (χ3n) is 1.34. The van der Waals surface area contributed by atoms with Crippen LogP contribution in [0.15, 0.2) is 17.2 Å². The number of anilines is 1. The van der Waals surface area contributed by atoms with Crippen LogP contribution >= 0.6 is 46.4 Å². The Bertz CT molecular complexity index is 372. The molecule has 0 spiro atoms. The fourth-order valence-corrected chi connectivity index (χ4v) is 1.38. The van der Waals surface area contributed by atoms with E-state index in [-0.39, 0.29) is 0 Å². The zero-order chi connectivity index (χ0) is 10.7. The van der Waals surface area contributed by atoms with Crippen molar-refractivity contribution < 1.29 is 0 Å². The lowest BCUT2D eigenvalue weighted by atomic mass is 10.3. The van der Waals surface area contributed by atoms with Crippen LogP contribution in [0.1, 0.15) is 6.92 Å². The van der Waals surface area contributed by atoms with Gasteiger partial charge in [-0.3, -0.25) is 5.43 Å². The number of hydrogen-bond donors (Lipinski definition) is 1. The Morgan fingerprint density at radius 1 is 1.14 bits per heavy atom. The monoisotopic (exact) mass is 270 g/mol. The minimum Gasteiger partial charge on any atom is -0.276 e. The highest BCUT2D eigenvalue weighted by Crippen LogP contribution is 2.32. The predicted molar refractivity (Wildman–Crippen MR) is 64.1 cm³/mol. The molecule has 0 bridgehead atoms. The first kappa shape index (κ1) is 11.9. The second-order valence-electron chi connectivity index (χ2n) is 2.47. The standard InChI is InChI=1S/C8H6Cl4N2/c1-4(9)13-14-8-3-6(11)5(10)2-7(8)12/h2-3,14H,1H3. The third kappa shape index (κ3) is 3.21. The number of hydrazone groups is 1. The highest BCUT2D eigenvalue weighted by molar-refractivity contribution is 6.64. The van der Waals surface area contributed by atoms with Gasteiger partial charge in [0.05, 0.1) is 20.8 Å². The van der Waals surface area contributed by atoms with E-state index in [1.165, 1.54) is 6.07 Å². The van der Waals surface area contributed by atoms with Gasteiger partial charge < -0.3 is 0 Å². The molecule has 76 valence electrons. The third-order valence-corrected chi connectivity index (χ3v) is 2.46. The Morgan fingerprint density at radius 2 is 1.71 bits per heavy atom. The van der Waals surface area contributed by atoms with E-state index in [1.807, 2.05) is 0 Å². The molecular formula is C8H6Cl4N2. The molecule has 1 N–H and O–H groups in total. The van der Waals surface area contributed by atoms with Gasteiger partial charge >= 0.3 is 0 Å². The van der Waals surface area contributed by atoms with Gasteiger partial charge in [0.1, 0.15) is 5.17 Å². The lowest BCUT2D eigenvalue weighted by molar-refractivity contribution is 1.34. The summed E-state index contributed by atoms with van der Waals surface area (Å²) in [7, 11) is 0. The zero-order valence-corrected chi connectivity index (χ0v) is 10.1. The molecule has 0 aliphatic carbocycles. The van der Waals surface area contributed by atoms with E-state index in [1.54, 1.807) is 13.0 Å². The second-order valence-corrected chi connectivity index (χ2v) is 4.24. The van der Waals surface area contributed by atoms with Gasteiger partial charge in [-0.2, -0.15) is 5.10 Å². The summed E-state index contributed by atoms with van der Waals surface area (Å²) in [5.74, 6) is 0. The number of nitrogens with one attached hydrogen (secondary N) is 1. The van der Waals surface area contributed by atoms with Crippen molar-refractivity contribution in [3.63, 3.8) is 0 Å². The molecule has 6 heteroatoms. The average molecular weight is 272 g/mol. The van der Waals surface area contributed by atoms with Crippen LogP contribution in [0, 0.1) is 0 Å². The van der Waals surface area contributed by atoms with Crippen LogP contribution in [0.5, 0.6) is 0 Å². The molecule has 0 saturated carbocycles. The topological polar surface area (TPSA) is 24.4 Å². The lowest BCUT2D eigenvalue weighted by Gasteiger charge is -2.05. The molecule has 0 saturated heterocycles. The van der Waals surface area contributed by atoms with Crippen molar-refractivity contribution in [3.05, 3.63) is 27.2 Å². The normalized spacial score (nSPS) is 11.6. The maximum atomic E-state index is 5.87. The average Bonchev–Trinajstić information content (AvgIpc) is 2.09. The largest absolute Gasteiger partial charge is 0.276 e. The van der Waals surface area contributed by atoms with Gasteiger partial charge in [0, 0.05) is 0 Å². The van der Waals surface area contributed by atoms with Crippen molar-refractivity contribution in [2.45, 2.75) is 6.92 Å². The minimum absolute atomic E-state index is 0.368. The molecule has 0 radical (unpaired) electrons. The van der Waals surface area contributed by atoms with Crippen molar-refractivity contribution in [1.29, 1.82) is 0 Å². The molecule has 0 aliphatic heterocycles. The first-order valence-electron chi connectivity index (χ1n) is 3.61. The van der Waals surface area contributed by atoms with Crippen molar-refractivity contribution in [2.24, 2.45) is 5.10 Å². The molecule has 0 unspecified atom stereocenters. The summed E-state index contributed by atoms with van der Waals surface area (Å²) >= 11 is 22.9. The molecule has 0 aromatic heterocycles. The highest BCUT2D eigenvalue weighted by Gasteiger charge is 2.04. The van der Waals surface area contributed by atoms with Crippen LogP contribution in [0.2, 0.25) is 15.1 Å². The Hall–Kier alpha value is -0.150. The number of halogens is 4. The quantitative estimate of drug-likeness (QED) is 0.473. The van der Waals surface area contributed by atoms with Gasteiger partial charge in [0.2, 0.25) is 0 Å². The molecule has 1 aromatic rings. The van der Waals surface area contributed by atoms with E-state index in [4.69, 9.17) is 46.4 Å². The van der Waals surface area contributed by atoms with E-state index in [0.717, 1.165) is 0 Å². The summed E-state index contributed by atoms with van der Waals surface area (Å²) in [5.41, 5.74) is 3.22. The van der Waals surface area contributed by atoms with Crippen LogP contribution < -0.4 is 5.43 Å². The molecule has 0 aliphatic rings. The zero-order valence-electron chi connectivity index (χ0n) is 7.11. The van der Waals surface area contributed by atoms with E-state index >= 15 is 0 Å². The first-order valence-corrected chi connectivity index (χ1v) is 5.12. The Labute approximate surface area is 102 Å². The van der Waals surface area contributed by atoms with E-state index < -0.39 is 0 Å². The SMILES string of the molecule is CC(Cl)=NNc1cc(Cl)c(Cl)cc1Cl. The molecule has 0 atom stereocenters. The van der Waals surface area contributed by atoms with Gasteiger partial charge in [0.25, 0.3) is 0 Å². The summed E-state index contributed by atoms with van der Waals surface area (Å²) in [6.07, 6.45) is 0. The maximum Gasteiger partial charge on any atom is 0.123 e. The minimum atomic E-state index is 0.368. The number of nitrogens with zero attached hydrogens (tertiary/aromatic N) is 1. The Balaban J connectivity index is 2.98. The number of hydrogen-bond acceptors (Lipinski definition) is 2. The van der Waals surface area contributed by atoms with E-state index in [2.05, 4.69) is 10.5 Å². The first-order chi connectivity index (χ1) is 6.50. The lowest BCUT2D eigenvalue weighted by Crippen LogP contribution is -1.92. The van der Waals surface area contributed by atoms with Crippen LogP contribution in [0.25, 0.3) is 0 Å². The van der Waals surface area contributed by atoms with Gasteiger partial charge in [0.15, 0.2) is 0 Å². The molecule has 14 heavy (non-hydrogen) atoms. The highest BCUT2D eigenvalue weighted by atomic mass is 35.5. The summed E-state index contributed by atoms with van der Waals surface area (Å²) in [5, 5.41) is 5.37. The van der Waals surface area contributed by atoms with E-state index in [0.29, 0.717) is 25.9 Å². The Kier molecular flexibility index (Phi) is 4.32. The van der Waals surface area contributed by atoms with Crippen LogP contribution in [0.4, 0.5) is 5.69 Å². The summed E-state index contributed by atoms with van der Waals surface area (Å²) < 4.78 is 0. The van der Waals surface area contributed by atoms with Gasteiger partial charge in [-0.05, 0) is 19.1 Å². The second kappa shape index (κ2) is 5.08. The van der Waals surface area contributed by atoms with Gasteiger partial charge in [-0.15, -0.1) is 0 Å². The van der Waals surface area contributed by atoms with Crippen LogP contribution in [0.3, 0.4) is 0 Å². The molecule has 1 rings (SSSR count). The summed E-state index contributed by atoms with van der Waals surface area (Å²) in [6, 6.07) is 3.11. The maximum absolute atomic E-state index is 5.87. The van der Waals surface area contributed by atoms with Crippen molar-refractivity contribution >= 4 is 57.3 Å². The molecular weight excluding hydrogens is 266 g/mol. The number of benzene rings is 1. The van der Waals surface area contributed by atoms with Crippen LogP contribution in [-0.4, -0.2) is 5.17 Å². The molecule has 0 heterocycles. The smallest absolute Gasteiger partial charge is 0.123 e.